The average molecular weight is 325 g/mol. The molecule has 0 atom stereocenters. The summed E-state index contributed by atoms with van der Waals surface area (Å²) in [6, 6.07) is 11.1. The van der Waals surface area contributed by atoms with Gasteiger partial charge in [0.25, 0.3) is 5.56 Å². The minimum Gasteiger partial charge on any atom is -0.345 e. The fourth-order valence-corrected chi connectivity index (χ4v) is 3.15. The van der Waals surface area contributed by atoms with E-state index in [4.69, 9.17) is 5.26 Å². The first-order chi connectivity index (χ1) is 11.1. The molecule has 0 saturated heterocycles. The van der Waals surface area contributed by atoms with E-state index in [2.05, 4.69) is 16.2 Å². The number of hydrogen-bond donors (Lipinski definition) is 0. The molecule has 0 aliphatic heterocycles. The lowest BCUT2D eigenvalue weighted by atomic mass is 10.1. The van der Waals surface area contributed by atoms with Crippen LogP contribution < -0.4 is 10.5 Å². The molecule has 3 aromatic rings. The first kappa shape index (κ1) is 15.2. The number of hydrogen-bond acceptors (Lipinski definition) is 6. The van der Waals surface area contributed by atoms with Crippen LogP contribution in [-0.2, 0) is 13.0 Å². The number of aromatic nitrogens is 3. The molecule has 7 heteroatoms. The van der Waals surface area contributed by atoms with E-state index in [1.165, 1.54) is 21.9 Å². The minimum atomic E-state index is -0.158. The van der Waals surface area contributed by atoms with Crippen molar-refractivity contribution in [2.24, 2.45) is 0 Å². The van der Waals surface area contributed by atoms with Crippen LogP contribution in [0.25, 0.3) is 4.96 Å². The Bertz CT molecular complexity index is 953. The van der Waals surface area contributed by atoms with Gasteiger partial charge in [-0.2, -0.15) is 9.78 Å². The zero-order valence-corrected chi connectivity index (χ0v) is 13.7. The van der Waals surface area contributed by atoms with Crippen LogP contribution in [0, 0.1) is 11.3 Å². The zero-order chi connectivity index (χ0) is 16.4. The van der Waals surface area contributed by atoms with Gasteiger partial charge in [0.2, 0.25) is 10.1 Å². The molecule has 2 heterocycles. The van der Waals surface area contributed by atoms with Gasteiger partial charge in [-0.15, -0.1) is 5.10 Å². The van der Waals surface area contributed by atoms with Crippen molar-refractivity contribution in [2.45, 2.75) is 19.9 Å². The molecule has 0 aliphatic carbocycles. The quantitative estimate of drug-likeness (QED) is 0.735. The Labute approximate surface area is 137 Å². The van der Waals surface area contributed by atoms with Crippen molar-refractivity contribution in [1.29, 1.82) is 5.26 Å². The Kier molecular flexibility index (Phi) is 4.08. The van der Waals surface area contributed by atoms with E-state index in [9.17, 15) is 4.79 Å². The summed E-state index contributed by atoms with van der Waals surface area (Å²) in [7, 11) is 1.91. The van der Waals surface area contributed by atoms with E-state index in [1.807, 2.05) is 37.1 Å². The SMILES string of the molecule is CCc1cc(=O)n2nc(N(C)Cc3cccc(C#N)c3)sc2n1. The zero-order valence-electron chi connectivity index (χ0n) is 12.9. The molecule has 0 N–H and O–H groups in total. The number of nitrogens with zero attached hydrogens (tertiary/aromatic N) is 5. The smallest absolute Gasteiger partial charge is 0.275 e. The van der Waals surface area contributed by atoms with Crippen LogP contribution in [0.3, 0.4) is 0 Å². The predicted octanol–water partition coefficient (Wildman–Crippen LogP) is 2.22. The van der Waals surface area contributed by atoms with Gasteiger partial charge < -0.3 is 4.90 Å². The summed E-state index contributed by atoms with van der Waals surface area (Å²) in [5, 5.41) is 14.0. The topological polar surface area (TPSA) is 74.3 Å². The fraction of sp³-hybridized carbons (Fsp3) is 0.250. The normalized spacial score (nSPS) is 10.7. The van der Waals surface area contributed by atoms with Gasteiger partial charge in [-0.3, -0.25) is 4.79 Å². The van der Waals surface area contributed by atoms with Crippen molar-refractivity contribution in [1.82, 2.24) is 14.6 Å². The summed E-state index contributed by atoms with van der Waals surface area (Å²) in [6.45, 7) is 2.57. The van der Waals surface area contributed by atoms with Gasteiger partial charge >= 0.3 is 0 Å². The van der Waals surface area contributed by atoms with Gasteiger partial charge in [0.05, 0.1) is 11.6 Å². The maximum absolute atomic E-state index is 12.0. The fourth-order valence-electron chi connectivity index (χ4n) is 2.26. The number of benzene rings is 1. The highest BCUT2D eigenvalue weighted by molar-refractivity contribution is 7.20. The lowest BCUT2D eigenvalue weighted by Crippen LogP contribution is -2.18. The van der Waals surface area contributed by atoms with E-state index in [-0.39, 0.29) is 5.56 Å². The van der Waals surface area contributed by atoms with Crippen molar-refractivity contribution in [2.75, 3.05) is 11.9 Å². The van der Waals surface area contributed by atoms with E-state index >= 15 is 0 Å². The number of aryl methyl sites for hydroxylation is 1. The third-order valence-corrected chi connectivity index (χ3v) is 4.47. The maximum Gasteiger partial charge on any atom is 0.275 e. The lowest BCUT2D eigenvalue weighted by molar-refractivity contribution is 0.836. The highest BCUT2D eigenvalue weighted by Gasteiger charge is 2.12. The third-order valence-electron chi connectivity index (χ3n) is 3.45. The van der Waals surface area contributed by atoms with E-state index in [0.29, 0.717) is 22.2 Å². The molecule has 0 radical (unpaired) electrons. The number of anilines is 1. The lowest BCUT2D eigenvalue weighted by Gasteiger charge is -2.14. The van der Waals surface area contributed by atoms with Crippen molar-refractivity contribution in [3.63, 3.8) is 0 Å². The molecular weight excluding hydrogens is 310 g/mol. The summed E-state index contributed by atoms with van der Waals surface area (Å²) in [5.41, 5.74) is 2.26. The summed E-state index contributed by atoms with van der Waals surface area (Å²) < 4.78 is 1.33. The molecule has 0 amide bonds. The third kappa shape index (κ3) is 3.07. The molecule has 0 fully saturated rings. The van der Waals surface area contributed by atoms with Crippen molar-refractivity contribution >= 4 is 21.4 Å². The molecular formula is C16H15N5OS. The first-order valence-electron chi connectivity index (χ1n) is 7.20. The first-order valence-corrected chi connectivity index (χ1v) is 8.02. The molecule has 0 unspecified atom stereocenters. The summed E-state index contributed by atoms with van der Waals surface area (Å²) >= 11 is 1.38. The van der Waals surface area contributed by atoms with Crippen LogP contribution in [-0.4, -0.2) is 21.6 Å². The number of rotatable bonds is 4. The Balaban J connectivity index is 1.91. The molecule has 0 aliphatic rings. The Morgan fingerprint density at radius 2 is 2.22 bits per heavy atom. The molecule has 0 bridgehead atoms. The van der Waals surface area contributed by atoms with Crippen LogP contribution in [0.2, 0.25) is 0 Å². The van der Waals surface area contributed by atoms with Gasteiger partial charge in [-0.1, -0.05) is 30.4 Å². The predicted molar refractivity (Wildman–Crippen MR) is 89.8 cm³/mol. The second-order valence-corrected chi connectivity index (χ2v) is 6.12. The minimum absolute atomic E-state index is 0.158. The van der Waals surface area contributed by atoms with Gasteiger partial charge in [0.15, 0.2) is 0 Å². The molecule has 0 saturated carbocycles. The van der Waals surface area contributed by atoms with Gasteiger partial charge in [0.1, 0.15) is 0 Å². The number of nitriles is 1. The molecule has 6 nitrogen and oxygen atoms in total. The second-order valence-electron chi connectivity index (χ2n) is 5.19. The maximum atomic E-state index is 12.0. The Hall–Kier alpha value is -2.72. The van der Waals surface area contributed by atoms with Crippen LogP contribution in [0.15, 0.2) is 35.1 Å². The number of fused-ring (bicyclic) bond motifs is 1. The Morgan fingerprint density at radius 3 is 2.96 bits per heavy atom. The monoisotopic (exact) mass is 325 g/mol. The molecule has 116 valence electrons. The van der Waals surface area contributed by atoms with Crippen LogP contribution >= 0.6 is 11.3 Å². The van der Waals surface area contributed by atoms with Crippen molar-refractivity contribution in [3.8, 4) is 6.07 Å². The molecule has 0 spiro atoms. The van der Waals surface area contributed by atoms with Crippen molar-refractivity contribution < 1.29 is 0 Å². The summed E-state index contributed by atoms with van der Waals surface area (Å²) in [5.74, 6) is 0. The largest absolute Gasteiger partial charge is 0.345 e. The van der Waals surface area contributed by atoms with Crippen LogP contribution in [0.5, 0.6) is 0 Å². The van der Waals surface area contributed by atoms with E-state index in [1.54, 1.807) is 6.07 Å². The Morgan fingerprint density at radius 1 is 1.39 bits per heavy atom. The van der Waals surface area contributed by atoms with Crippen LogP contribution in [0.1, 0.15) is 23.7 Å². The highest BCUT2D eigenvalue weighted by Crippen LogP contribution is 2.22. The van der Waals surface area contributed by atoms with E-state index in [0.717, 1.165) is 17.7 Å². The highest BCUT2D eigenvalue weighted by atomic mass is 32.1. The standard InChI is InChI=1S/C16H15N5OS/c1-3-13-8-14(22)21-15(18-13)23-16(19-21)20(2)10-12-6-4-5-11(7-12)9-17/h4-8H,3,10H2,1-2H3. The van der Waals surface area contributed by atoms with Crippen molar-refractivity contribution in [3.05, 3.63) is 57.5 Å². The van der Waals surface area contributed by atoms with Gasteiger partial charge in [-0.25, -0.2) is 4.98 Å². The second kappa shape index (κ2) is 6.18. The summed E-state index contributed by atoms with van der Waals surface area (Å²) in [6.07, 6.45) is 0.718. The average Bonchev–Trinajstić information content (AvgIpc) is 2.99. The summed E-state index contributed by atoms with van der Waals surface area (Å²) in [4.78, 5) is 19.0. The molecule has 3 rings (SSSR count). The molecule has 2 aromatic heterocycles. The molecule has 23 heavy (non-hydrogen) atoms. The van der Waals surface area contributed by atoms with Crippen LogP contribution in [0.4, 0.5) is 5.13 Å². The van der Waals surface area contributed by atoms with Gasteiger partial charge in [0, 0.05) is 25.4 Å². The van der Waals surface area contributed by atoms with E-state index < -0.39 is 0 Å². The van der Waals surface area contributed by atoms with Gasteiger partial charge in [-0.05, 0) is 24.1 Å². The molecule has 1 aromatic carbocycles.